The predicted molar refractivity (Wildman–Crippen MR) is 31.6 cm³/mol. The van der Waals surface area contributed by atoms with E-state index in [1.54, 1.807) is 0 Å². The molecule has 1 N–H and O–H groups in total. The summed E-state index contributed by atoms with van der Waals surface area (Å²) in [6, 6.07) is 0. The third-order valence-electron chi connectivity index (χ3n) is 1.51. The molecule has 1 nitrogen and oxygen atoms in total. The number of rotatable bonds is 0. The second-order valence-corrected chi connectivity index (χ2v) is 2.28. The molecular formula is C6H12FN. The van der Waals surface area contributed by atoms with Crippen LogP contribution in [-0.2, 0) is 0 Å². The highest BCUT2D eigenvalue weighted by Gasteiger charge is 2.08. The number of halogens is 1. The summed E-state index contributed by atoms with van der Waals surface area (Å²) in [6.45, 7) is 1.86. The molecule has 1 fully saturated rings. The first-order valence-electron chi connectivity index (χ1n) is 3.24. The first-order chi connectivity index (χ1) is 3.89. The van der Waals surface area contributed by atoms with Crippen LogP contribution in [0.15, 0.2) is 0 Å². The molecule has 1 heterocycles. The molecule has 1 atom stereocenters. The SMILES string of the molecule is F[C@H]1CCCNCC1. The molecule has 1 aliphatic rings. The van der Waals surface area contributed by atoms with Gasteiger partial charge in [-0.3, -0.25) is 0 Å². The summed E-state index contributed by atoms with van der Waals surface area (Å²) in [6.07, 6.45) is 1.93. The maximum Gasteiger partial charge on any atom is 0.101 e. The molecule has 0 amide bonds. The fourth-order valence-corrected chi connectivity index (χ4v) is 0.977. The van der Waals surface area contributed by atoms with E-state index in [9.17, 15) is 4.39 Å². The van der Waals surface area contributed by atoms with Crippen molar-refractivity contribution in [1.29, 1.82) is 0 Å². The van der Waals surface area contributed by atoms with Gasteiger partial charge in [0.1, 0.15) is 6.17 Å². The number of hydrogen-bond donors (Lipinski definition) is 1. The first kappa shape index (κ1) is 6.02. The van der Waals surface area contributed by atoms with Gasteiger partial charge in [0.05, 0.1) is 0 Å². The second-order valence-electron chi connectivity index (χ2n) is 2.28. The summed E-state index contributed by atoms with van der Waals surface area (Å²) in [4.78, 5) is 0. The van der Waals surface area contributed by atoms with E-state index in [2.05, 4.69) is 5.32 Å². The van der Waals surface area contributed by atoms with Gasteiger partial charge in [-0.25, -0.2) is 4.39 Å². The molecule has 0 bridgehead atoms. The Morgan fingerprint density at radius 2 is 2.12 bits per heavy atom. The van der Waals surface area contributed by atoms with Crippen molar-refractivity contribution in [3.8, 4) is 0 Å². The van der Waals surface area contributed by atoms with Crippen molar-refractivity contribution in [2.45, 2.75) is 25.4 Å². The summed E-state index contributed by atoms with van der Waals surface area (Å²) in [7, 11) is 0. The van der Waals surface area contributed by atoms with Gasteiger partial charge in [0.15, 0.2) is 0 Å². The molecule has 0 saturated carbocycles. The Morgan fingerprint density at radius 1 is 1.25 bits per heavy atom. The van der Waals surface area contributed by atoms with E-state index in [0.29, 0.717) is 6.42 Å². The Hall–Kier alpha value is -0.110. The fraction of sp³-hybridized carbons (Fsp3) is 1.00. The lowest BCUT2D eigenvalue weighted by Gasteiger charge is -1.98. The molecule has 0 aromatic carbocycles. The maximum absolute atomic E-state index is 12.4. The maximum atomic E-state index is 12.4. The van der Waals surface area contributed by atoms with E-state index in [1.807, 2.05) is 0 Å². The third-order valence-corrected chi connectivity index (χ3v) is 1.51. The van der Waals surface area contributed by atoms with E-state index in [0.717, 1.165) is 25.9 Å². The van der Waals surface area contributed by atoms with E-state index in [-0.39, 0.29) is 0 Å². The van der Waals surface area contributed by atoms with Crippen LogP contribution in [0.2, 0.25) is 0 Å². The molecular weight excluding hydrogens is 105 g/mol. The van der Waals surface area contributed by atoms with Gasteiger partial charge in [-0.1, -0.05) is 0 Å². The van der Waals surface area contributed by atoms with Crippen molar-refractivity contribution >= 4 is 0 Å². The van der Waals surface area contributed by atoms with E-state index >= 15 is 0 Å². The summed E-state index contributed by atoms with van der Waals surface area (Å²) < 4.78 is 12.4. The van der Waals surface area contributed by atoms with Crippen LogP contribution in [0.1, 0.15) is 19.3 Å². The van der Waals surface area contributed by atoms with Crippen molar-refractivity contribution in [2.75, 3.05) is 13.1 Å². The van der Waals surface area contributed by atoms with E-state index < -0.39 is 6.17 Å². The lowest BCUT2D eigenvalue weighted by molar-refractivity contribution is 0.307. The van der Waals surface area contributed by atoms with Gasteiger partial charge >= 0.3 is 0 Å². The Kier molecular flexibility index (Phi) is 2.27. The van der Waals surface area contributed by atoms with Crippen LogP contribution in [0.3, 0.4) is 0 Å². The molecule has 2 heteroatoms. The molecule has 0 radical (unpaired) electrons. The standard InChI is InChI=1S/C6H12FN/c7-6-2-1-4-8-5-3-6/h6,8H,1-5H2/t6-/m0/s1. The van der Waals surface area contributed by atoms with Crippen LogP contribution in [0, 0.1) is 0 Å². The zero-order chi connectivity index (χ0) is 5.82. The van der Waals surface area contributed by atoms with Crippen molar-refractivity contribution in [1.82, 2.24) is 5.32 Å². The average Bonchev–Trinajstić information content (AvgIpc) is 1.94. The Morgan fingerprint density at radius 3 is 3.00 bits per heavy atom. The Balaban J connectivity index is 2.17. The van der Waals surface area contributed by atoms with Crippen LogP contribution < -0.4 is 5.32 Å². The summed E-state index contributed by atoms with van der Waals surface area (Å²) in [5.74, 6) is 0. The molecule has 0 aromatic rings. The summed E-state index contributed by atoms with van der Waals surface area (Å²) >= 11 is 0. The molecule has 0 aliphatic carbocycles. The third kappa shape index (κ3) is 1.78. The van der Waals surface area contributed by atoms with Crippen LogP contribution in [-0.4, -0.2) is 19.3 Å². The van der Waals surface area contributed by atoms with Crippen molar-refractivity contribution < 1.29 is 4.39 Å². The highest BCUT2D eigenvalue weighted by molar-refractivity contribution is 4.63. The van der Waals surface area contributed by atoms with Gasteiger partial charge < -0.3 is 5.32 Å². The molecule has 1 aliphatic heterocycles. The van der Waals surface area contributed by atoms with Gasteiger partial charge in [0.2, 0.25) is 0 Å². The average molecular weight is 117 g/mol. The van der Waals surface area contributed by atoms with Gasteiger partial charge in [0.25, 0.3) is 0 Å². The predicted octanol–water partition coefficient (Wildman–Crippen LogP) is 1.10. The number of nitrogens with one attached hydrogen (secondary N) is 1. The molecule has 0 spiro atoms. The highest BCUT2D eigenvalue weighted by atomic mass is 19.1. The molecule has 0 unspecified atom stereocenters. The summed E-state index contributed by atoms with van der Waals surface area (Å²) in [5, 5.41) is 3.14. The zero-order valence-electron chi connectivity index (χ0n) is 4.99. The Labute approximate surface area is 49.3 Å². The highest BCUT2D eigenvalue weighted by Crippen LogP contribution is 2.07. The lowest BCUT2D eigenvalue weighted by atomic mass is 10.2. The minimum Gasteiger partial charge on any atom is -0.317 e. The normalized spacial score (nSPS) is 31.9. The Bertz CT molecular complexity index is 57.5. The van der Waals surface area contributed by atoms with Gasteiger partial charge in [-0.05, 0) is 32.4 Å². The zero-order valence-corrected chi connectivity index (χ0v) is 4.99. The molecule has 8 heavy (non-hydrogen) atoms. The van der Waals surface area contributed by atoms with Crippen molar-refractivity contribution in [3.63, 3.8) is 0 Å². The molecule has 1 saturated heterocycles. The van der Waals surface area contributed by atoms with Crippen molar-refractivity contribution in [3.05, 3.63) is 0 Å². The monoisotopic (exact) mass is 117 g/mol. The number of alkyl halides is 1. The minimum atomic E-state index is -0.537. The van der Waals surface area contributed by atoms with Crippen LogP contribution >= 0.6 is 0 Å². The minimum absolute atomic E-state index is 0.537. The van der Waals surface area contributed by atoms with Crippen LogP contribution in [0.5, 0.6) is 0 Å². The van der Waals surface area contributed by atoms with Crippen LogP contribution in [0.4, 0.5) is 4.39 Å². The van der Waals surface area contributed by atoms with E-state index in [4.69, 9.17) is 0 Å². The van der Waals surface area contributed by atoms with Gasteiger partial charge in [-0.2, -0.15) is 0 Å². The topological polar surface area (TPSA) is 12.0 Å². The van der Waals surface area contributed by atoms with Crippen LogP contribution in [0.25, 0.3) is 0 Å². The van der Waals surface area contributed by atoms with Gasteiger partial charge in [-0.15, -0.1) is 0 Å². The smallest absolute Gasteiger partial charge is 0.101 e. The lowest BCUT2D eigenvalue weighted by Crippen LogP contribution is -2.14. The molecule has 48 valence electrons. The fourth-order valence-electron chi connectivity index (χ4n) is 0.977. The molecule has 0 aromatic heterocycles. The van der Waals surface area contributed by atoms with Crippen molar-refractivity contribution in [2.24, 2.45) is 0 Å². The quantitative estimate of drug-likeness (QED) is 0.501. The molecule has 1 rings (SSSR count). The largest absolute Gasteiger partial charge is 0.317 e. The first-order valence-corrected chi connectivity index (χ1v) is 3.24. The van der Waals surface area contributed by atoms with E-state index in [1.165, 1.54) is 0 Å². The number of hydrogen-bond acceptors (Lipinski definition) is 1. The second kappa shape index (κ2) is 3.02. The van der Waals surface area contributed by atoms with Gasteiger partial charge in [0, 0.05) is 0 Å². The summed E-state index contributed by atoms with van der Waals surface area (Å²) in [5.41, 5.74) is 0.